The van der Waals surface area contributed by atoms with Gasteiger partial charge in [-0.05, 0) is 0 Å². The lowest BCUT2D eigenvalue weighted by atomic mass is 9.98. The minimum Gasteiger partial charge on any atom is -0.481 e. The largest absolute Gasteiger partial charge is 0.481 e. The van der Waals surface area contributed by atoms with E-state index in [9.17, 15) is 14.4 Å². The summed E-state index contributed by atoms with van der Waals surface area (Å²) in [4.78, 5) is 31.4. The number of rotatable bonds is 3. The van der Waals surface area contributed by atoms with Crippen LogP contribution in [0.2, 0.25) is 0 Å². The standard InChI is InChI=1S/C7H8O6/c8-4(9)1-3-2-5(10)13-6(3)7(11)12/h3,6H,1-2H2,(H,8,9)(H,11,12)/t3-,6+/m1/s1. The number of carboxylic acid groups (broad SMARTS) is 2. The van der Waals surface area contributed by atoms with Crippen molar-refractivity contribution in [2.75, 3.05) is 0 Å². The van der Waals surface area contributed by atoms with Gasteiger partial charge in [-0.25, -0.2) is 4.79 Å². The zero-order valence-corrected chi connectivity index (χ0v) is 6.60. The van der Waals surface area contributed by atoms with Crippen LogP contribution in [0, 0.1) is 5.92 Å². The molecule has 1 rings (SSSR count). The molecule has 1 aliphatic heterocycles. The topological polar surface area (TPSA) is 101 Å². The third kappa shape index (κ3) is 2.17. The molecule has 72 valence electrons. The first-order chi connectivity index (χ1) is 6.00. The van der Waals surface area contributed by atoms with Gasteiger partial charge in [-0.2, -0.15) is 0 Å². The molecule has 0 aliphatic carbocycles. The normalized spacial score (nSPS) is 26.9. The van der Waals surface area contributed by atoms with Gasteiger partial charge in [0.15, 0.2) is 0 Å². The fourth-order valence-electron chi connectivity index (χ4n) is 1.26. The average Bonchev–Trinajstić information content (AvgIpc) is 2.29. The molecule has 0 spiro atoms. The summed E-state index contributed by atoms with van der Waals surface area (Å²) in [5, 5.41) is 16.9. The molecule has 0 bridgehead atoms. The van der Waals surface area contributed by atoms with Gasteiger partial charge in [-0.3, -0.25) is 9.59 Å². The number of hydrogen-bond donors (Lipinski definition) is 2. The Morgan fingerprint density at radius 2 is 2.08 bits per heavy atom. The number of aliphatic carboxylic acids is 2. The van der Waals surface area contributed by atoms with E-state index in [2.05, 4.69) is 4.74 Å². The zero-order valence-electron chi connectivity index (χ0n) is 6.60. The van der Waals surface area contributed by atoms with E-state index in [4.69, 9.17) is 10.2 Å². The van der Waals surface area contributed by atoms with Crippen molar-refractivity contribution in [2.45, 2.75) is 18.9 Å². The Morgan fingerprint density at radius 1 is 1.46 bits per heavy atom. The van der Waals surface area contributed by atoms with Gasteiger partial charge in [0.25, 0.3) is 0 Å². The Labute approximate surface area is 73.1 Å². The third-order valence-electron chi connectivity index (χ3n) is 1.80. The fourth-order valence-corrected chi connectivity index (χ4v) is 1.26. The van der Waals surface area contributed by atoms with E-state index in [1.165, 1.54) is 0 Å². The van der Waals surface area contributed by atoms with Crippen molar-refractivity contribution in [2.24, 2.45) is 5.92 Å². The molecule has 1 saturated heterocycles. The summed E-state index contributed by atoms with van der Waals surface area (Å²) in [5.74, 6) is -3.83. The van der Waals surface area contributed by atoms with E-state index in [1.54, 1.807) is 0 Å². The minimum absolute atomic E-state index is 0.136. The molecule has 1 aliphatic rings. The number of hydrogen-bond acceptors (Lipinski definition) is 4. The summed E-state index contributed by atoms with van der Waals surface area (Å²) < 4.78 is 4.43. The molecule has 0 aromatic heterocycles. The highest BCUT2D eigenvalue weighted by molar-refractivity contribution is 5.83. The highest BCUT2D eigenvalue weighted by Gasteiger charge is 2.40. The number of carbonyl (C=O) groups excluding carboxylic acids is 1. The molecular weight excluding hydrogens is 180 g/mol. The second-order valence-electron chi connectivity index (χ2n) is 2.81. The van der Waals surface area contributed by atoms with E-state index < -0.39 is 29.9 Å². The van der Waals surface area contributed by atoms with Crippen LogP contribution in [-0.4, -0.2) is 34.2 Å². The maximum atomic E-state index is 10.7. The van der Waals surface area contributed by atoms with Gasteiger partial charge in [-0.1, -0.05) is 0 Å². The second-order valence-corrected chi connectivity index (χ2v) is 2.81. The fraction of sp³-hybridized carbons (Fsp3) is 0.571. The first-order valence-corrected chi connectivity index (χ1v) is 3.65. The Kier molecular flexibility index (Phi) is 2.50. The first kappa shape index (κ1) is 9.50. The van der Waals surface area contributed by atoms with Crippen molar-refractivity contribution < 1.29 is 29.3 Å². The first-order valence-electron chi connectivity index (χ1n) is 3.65. The number of cyclic esters (lactones) is 1. The predicted octanol–water partition coefficient (Wildman–Crippen LogP) is -0.523. The van der Waals surface area contributed by atoms with Gasteiger partial charge in [-0.15, -0.1) is 0 Å². The Hall–Kier alpha value is -1.59. The van der Waals surface area contributed by atoms with Crippen LogP contribution < -0.4 is 0 Å². The lowest BCUT2D eigenvalue weighted by molar-refractivity contribution is -0.158. The van der Waals surface area contributed by atoms with Gasteiger partial charge in [0.05, 0.1) is 12.8 Å². The van der Waals surface area contributed by atoms with E-state index in [0.29, 0.717) is 0 Å². The van der Waals surface area contributed by atoms with Crippen molar-refractivity contribution in [3.05, 3.63) is 0 Å². The predicted molar refractivity (Wildman–Crippen MR) is 37.9 cm³/mol. The van der Waals surface area contributed by atoms with Crippen LogP contribution in [-0.2, 0) is 19.1 Å². The van der Waals surface area contributed by atoms with Crippen LogP contribution in [0.5, 0.6) is 0 Å². The summed E-state index contributed by atoms with van der Waals surface area (Å²) >= 11 is 0. The number of ether oxygens (including phenoxy) is 1. The maximum Gasteiger partial charge on any atom is 0.345 e. The molecule has 0 aromatic rings. The van der Waals surface area contributed by atoms with E-state index >= 15 is 0 Å². The summed E-state index contributed by atoms with van der Waals surface area (Å²) in [7, 11) is 0. The van der Waals surface area contributed by atoms with Gasteiger partial charge in [0, 0.05) is 5.92 Å². The Morgan fingerprint density at radius 3 is 2.54 bits per heavy atom. The van der Waals surface area contributed by atoms with Gasteiger partial charge >= 0.3 is 17.9 Å². The molecular formula is C7H8O6. The third-order valence-corrected chi connectivity index (χ3v) is 1.80. The van der Waals surface area contributed by atoms with Crippen LogP contribution in [0.3, 0.4) is 0 Å². The maximum absolute atomic E-state index is 10.7. The molecule has 13 heavy (non-hydrogen) atoms. The van der Waals surface area contributed by atoms with E-state index in [1.807, 2.05) is 0 Å². The van der Waals surface area contributed by atoms with Crippen molar-refractivity contribution >= 4 is 17.9 Å². The van der Waals surface area contributed by atoms with E-state index in [0.717, 1.165) is 0 Å². The number of carbonyl (C=O) groups is 3. The van der Waals surface area contributed by atoms with Crippen LogP contribution in [0.1, 0.15) is 12.8 Å². The molecule has 1 fully saturated rings. The SMILES string of the molecule is O=C(O)C[C@@H]1CC(=O)O[C@@H]1C(=O)O. The van der Waals surface area contributed by atoms with Gasteiger partial charge in [0.2, 0.25) is 6.10 Å². The van der Waals surface area contributed by atoms with Crippen LogP contribution in [0.15, 0.2) is 0 Å². The van der Waals surface area contributed by atoms with Crippen molar-refractivity contribution in [3.63, 3.8) is 0 Å². The summed E-state index contributed by atoms with van der Waals surface area (Å²) in [5.41, 5.74) is 0. The molecule has 0 aromatic carbocycles. The monoisotopic (exact) mass is 188 g/mol. The van der Waals surface area contributed by atoms with Crippen LogP contribution in [0.25, 0.3) is 0 Å². The van der Waals surface area contributed by atoms with Crippen LogP contribution >= 0.6 is 0 Å². The van der Waals surface area contributed by atoms with Crippen LogP contribution in [0.4, 0.5) is 0 Å². The zero-order chi connectivity index (χ0) is 10.0. The average molecular weight is 188 g/mol. The van der Waals surface area contributed by atoms with Gasteiger partial charge in [0.1, 0.15) is 0 Å². The quantitative estimate of drug-likeness (QED) is 0.578. The van der Waals surface area contributed by atoms with Crippen molar-refractivity contribution in [1.29, 1.82) is 0 Å². The molecule has 0 saturated carbocycles. The summed E-state index contributed by atoms with van der Waals surface area (Å²) in [6.07, 6.45) is -1.80. The highest BCUT2D eigenvalue weighted by atomic mass is 16.6. The Bertz CT molecular complexity index is 258. The van der Waals surface area contributed by atoms with Crippen molar-refractivity contribution in [1.82, 2.24) is 0 Å². The molecule has 2 atom stereocenters. The van der Waals surface area contributed by atoms with E-state index in [-0.39, 0.29) is 12.8 Å². The number of carboxylic acids is 2. The molecule has 6 heteroatoms. The molecule has 2 N–H and O–H groups in total. The smallest absolute Gasteiger partial charge is 0.345 e. The lowest BCUT2D eigenvalue weighted by Crippen LogP contribution is -2.27. The van der Waals surface area contributed by atoms with Crippen molar-refractivity contribution in [3.8, 4) is 0 Å². The molecule has 1 heterocycles. The molecule has 0 unspecified atom stereocenters. The highest BCUT2D eigenvalue weighted by Crippen LogP contribution is 2.25. The summed E-state index contributed by atoms with van der Waals surface area (Å²) in [6.45, 7) is 0. The minimum atomic E-state index is -1.30. The lowest BCUT2D eigenvalue weighted by Gasteiger charge is -2.09. The summed E-state index contributed by atoms with van der Waals surface area (Å²) in [6, 6.07) is 0. The second kappa shape index (κ2) is 3.42. The molecule has 0 amide bonds. The molecule has 0 radical (unpaired) electrons. The number of esters is 1. The molecule has 6 nitrogen and oxygen atoms in total. The van der Waals surface area contributed by atoms with Gasteiger partial charge < -0.3 is 14.9 Å². The Balaban J connectivity index is 2.66.